The van der Waals surface area contributed by atoms with Gasteiger partial charge < -0.3 is 14.9 Å². The number of nitrogens with zero attached hydrogens (tertiary/aromatic N) is 2. The molecule has 2 aromatic carbocycles. The normalized spacial score (nSPS) is 10.6. The Balaban J connectivity index is 1.75. The molecule has 0 radical (unpaired) electrons. The molecule has 3 aromatic rings. The van der Waals surface area contributed by atoms with Gasteiger partial charge in [0.2, 0.25) is 0 Å². The molecular formula is C18H16N2O4S. The van der Waals surface area contributed by atoms with E-state index < -0.39 is 0 Å². The van der Waals surface area contributed by atoms with Crippen molar-refractivity contribution in [1.29, 1.82) is 0 Å². The molecule has 0 saturated heterocycles. The number of phenols is 2. The molecule has 2 N–H and O–H groups in total. The zero-order valence-electron chi connectivity index (χ0n) is 13.4. The van der Waals surface area contributed by atoms with Crippen LogP contribution in [0.5, 0.6) is 17.2 Å². The molecule has 0 bridgehead atoms. The van der Waals surface area contributed by atoms with Crippen molar-refractivity contribution in [2.24, 2.45) is 0 Å². The number of ketones is 1. The zero-order chi connectivity index (χ0) is 17.8. The maximum atomic E-state index is 12.3. The average Bonchev–Trinajstić information content (AvgIpc) is 3.10. The highest BCUT2D eigenvalue weighted by molar-refractivity contribution is 7.99. The van der Waals surface area contributed by atoms with E-state index in [4.69, 9.17) is 4.74 Å². The Bertz CT molecular complexity index is 908. The first-order valence-electron chi connectivity index (χ1n) is 7.44. The van der Waals surface area contributed by atoms with Gasteiger partial charge in [0.1, 0.15) is 5.75 Å². The van der Waals surface area contributed by atoms with Crippen molar-refractivity contribution >= 4 is 17.5 Å². The minimum Gasteiger partial charge on any atom is -0.504 e. The Labute approximate surface area is 148 Å². The third kappa shape index (κ3) is 3.77. The van der Waals surface area contributed by atoms with Crippen LogP contribution in [0.2, 0.25) is 0 Å². The van der Waals surface area contributed by atoms with Crippen molar-refractivity contribution in [2.45, 2.75) is 5.16 Å². The number of carbonyl (C=O) groups is 1. The van der Waals surface area contributed by atoms with Crippen LogP contribution in [0.1, 0.15) is 10.4 Å². The number of rotatable bonds is 6. The molecule has 0 spiro atoms. The summed E-state index contributed by atoms with van der Waals surface area (Å²) in [4.78, 5) is 16.6. The van der Waals surface area contributed by atoms with Crippen LogP contribution >= 0.6 is 11.8 Å². The van der Waals surface area contributed by atoms with Crippen LogP contribution in [0.3, 0.4) is 0 Å². The lowest BCUT2D eigenvalue weighted by Crippen LogP contribution is -2.04. The van der Waals surface area contributed by atoms with Gasteiger partial charge in [-0.05, 0) is 30.3 Å². The summed E-state index contributed by atoms with van der Waals surface area (Å²) in [5, 5.41) is 19.5. The number of aromatic nitrogens is 2. The highest BCUT2D eigenvalue weighted by atomic mass is 32.2. The molecule has 25 heavy (non-hydrogen) atoms. The van der Waals surface area contributed by atoms with Crippen LogP contribution < -0.4 is 4.74 Å². The molecule has 0 aliphatic rings. The molecule has 6 nitrogen and oxygen atoms in total. The first-order valence-corrected chi connectivity index (χ1v) is 8.43. The van der Waals surface area contributed by atoms with Gasteiger partial charge in [0, 0.05) is 24.0 Å². The van der Waals surface area contributed by atoms with Crippen LogP contribution in [0.4, 0.5) is 0 Å². The van der Waals surface area contributed by atoms with E-state index in [0.29, 0.717) is 10.7 Å². The topological polar surface area (TPSA) is 84.6 Å². The summed E-state index contributed by atoms with van der Waals surface area (Å²) in [5.41, 5.74) is 1.22. The third-order valence-electron chi connectivity index (χ3n) is 3.57. The maximum absolute atomic E-state index is 12.3. The van der Waals surface area contributed by atoms with Crippen molar-refractivity contribution in [3.05, 3.63) is 60.4 Å². The zero-order valence-corrected chi connectivity index (χ0v) is 14.2. The molecular weight excluding hydrogens is 340 g/mol. The largest absolute Gasteiger partial charge is 0.504 e. The molecule has 0 unspecified atom stereocenters. The summed E-state index contributed by atoms with van der Waals surface area (Å²) in [7, 11) is 1.61. The fraction of sp³-hybridized carbons (Fsp3) is 0.111. The highest BCUT2D eigenvalue weighted by Gasteiger charge is 2.13. The summed E-state index contributed by atoms with van der Waals surface area (Å²) in [6.07, 6.45) is 3.48. The van der Waals surface area contributed by atoms with E-state index in [9.17, 15) is 15.0 Å². The molecule has 1 heterocycles. The van der Waals surface area contributed by atoms with Crippen LogP contribution in [0, 0.1) is 0 Å². The number of Topliss-reactive ketones (excluding diaryl/α,β-unsaturated/α-hetero) is 1. The van der Waals surface area contributed by atoms with Gasteiger partial charge in [0.25, 0.3) is 0 Å². The van der Waals surface area contributed by atoms with E-state index in [-0.39, 0.29) is 23.0 Å². The monoisotopic (exact) mass is 356 g/mol. The third-order valence-corrected chi connectivity index (χ3v) is 4.53. The molecule has 1 aromatic heterocycles. The summed E-state index contributed by atoms with van der Waals surface area (Å²) in [6.45, 7) is 0. The SMILES string of the molecule is COc1cccc(-n2ccnc2SCC(=O)c2ccc(O)c(O)c2)c1. The second kappa shape index (κ2) is 7.31. The van der Waals surface area contributed by atoms with Crippen molar-refractivity contribution in [3.8, 4) is 22.9 Å². The van der Waals surface area contributed by atoms with E-state index in [1.54, 1.807) is 13.3 Å². The summed E-state index contributed by atoms with van der Waals surface area (Å²) in [5.74, 6) is 0.162. The summed E-state index contributed by atoms with van der Waals surface area (Å²) in [6, 6.07) is 11.6. The van der Waals surface area contributed by atoms with Crippen molar-refractivity contribution in [1.82, 2.24) is 9.55 Å². The predicted molar refractivity (Wildman–Crippen MR) is 94.9 cm³/mol. The van der Waals surface area contributed by atoms with Crippen LogP contribution in [-0.4, -0.2) is 38.4 Å². The molecule has 0 fully saturated rings. The lowest BCUT2D eigenvalue weighted by Gasteiger charge is -2.09. The second-order valence-corrected chi connectivity index (χ2v) is 6.14. The van der Waals surface area contributed by atoms with E-state index in [2.05, 4.69) is 4.98 Å². The van der Waals surface area contributed by atoms with Crippen LogP contribution in [0.15, 0.2) is 60.0 Å². The fourth-order valence-corrected chi connectivity index (χ4v) is 3.13. The number of benzene rings is 2. The Morgan fingerprint density at radius 2 is 2.04 bits per heavy atom. The Hall–Kier alpha value is -2.93. The highest BCUT2D eigenvalue weighted by Crippen LogP contribution is 2.27. The minimum absolute atomic E-state index is 0.158. The Morgan fingerprint density at radius 3 is 2.80 bits per heavy atom. The number of hydrogen-bond donors (Lipinski definition) is 2. The van der Waals surface area contributed by atoms with Crippen molar-refractivity contribution in [3.63, 3.8) is 0 Å². The van der Waals surface area contributed by atoms with E-state index in [0.717, 1.165) is 11.4 Å². The maximum Gasteiger partial charge on any atom is 0.173 e. The smallest absolute Gasteiger partial charge is 0.173 e. The Kier molecular flexibility index (Phi) is 4.95. The first-order chi connectivity index (χ1) is 12.1. The van der Waals surface area contributed by atoms with Gasteiger partial charge in [-0.3, -0.25) is 9.36 Å². The molecule has 0 amide bonds. The lowest BCUT2D eigenvalue weighted by atomic mass is 10.1. The van der Waals surface area contributed by atoms with Gasteiger partial charge in [-0.2, -0.15) is 0 Å². The number of carbonyl (C=O) groups excluding carboxylic acids is 1. The Morgan fingerprint density at radius 1 is 1.20 bits per heavy atom. The van der Waals surface area contributed by atoms with E-state index in [1.807, 2.05) is 35.0 Å². The molecule has 0 aliphatic heterocycles. The molecule has 3 rings (SSSR count). The van der Waals surface area contributed by atoms with Gasteiger partial charge in [-0.25, -0.2) is 4.98 Å². The standard InChI is InChI=1S/C18H16N2O4S/c1-24-14-4-2-3-13(10-14)20-8-7-19-18(20)25-11-17(23)12-5-6-15(21)16(22)9-12/h2-10,21-22H,11H2,1H3. The van der Waals surface area contributed by atoms with Crippen molar-refractivity contribution in [2.75, 3.05) is 12.9 Å². The molecule has 7 heteroatoms. The molecule has 0 saturated carbocycles. The number of thioether (sulfide) groups is 1. The second-order valence-electron chi connectivity index (χ2n) is 5.20. The first kappa shape index (κ1) is 16.9. The molecule has 128 valence electrons. The van der Waals surface area contributed by atoms with Gasteiger partial charge in [-0.15, -0.1) is 0 Å². The predicted octanol–water partition coefficient (Wildman–Crippen LogP) is 3.27. The van der Waals surface area contributed by atoms with E-state index in [1.165, 1.54) is 30.0 Å². The molecule has 0 aliphatic carbocycles. The molecule has 0 atom stereocenters. The number of imidazole rings is 1. The van der Waals surface area contributed by atoms with E-state index >= 15 is 0 Å². The summed E-state index contributed by atoms with van der Waals surface area (Å²) >= 11 is 1.29. The van der Waals surface area contributed by atoms with Gasteiger partial charge in [0.05, 0.1) is 18.6 Å². The number of hydrogen-bond acceptors (Lipinski definition) is 6. The van der Waals surface area contributed by atoms with Crippen LogP contribution in [-0.2, 0) is 0 Å². The minimum atomic E-state index is -0.311. The fourth-order valence-electron chi connectivity index (χ4n) is 2.26. The number of methoxy groups -OCH3 is 1. The van der Waals surface area contributed by atoms with Gasteiger partial charge in [0.15, 0.2) is 22.4 Å². The number of ether oxygens (including phenoxy) is 1. The lowest BCUT2D eigenvalue weighted by molar-refractivity contribution is 0.102. The van der Waals surface area contributed by atoms with Crippen molar-refractivity contribution < 1.29 is 19.7 Å². The van der Waals surface area contributed by atoms with Gasteiger partial charge in [-0.1, -0.05) is 17.8 Å². The van der Waals surface area contributed by atoms with Crippen LogP contribution in [0.25, 0.3) is 5.69 Å². The summed E-state index contributed by atoms with van der Waals surface area (Å²) < 4.78 is 7.10. The number of aromatic hydroxyl groups is 2. The van der Waals surface area contributed by atoms with Gasteiger partial charge >= 0.3 is 0 Å². The number of phenolic OH excluding ortho intramolecular Hbond substituents is 2. The average molecular weight is 356 g/mol. The quantitative estimate of drug-likeness (QED) is 0.401.